The Balaban J connectivity index is 1.64. The summed E-state index contributed by atoms with van der Waals surface area (Å²) in [6, 6.07) is 0. The SMILES string of the molecule is CC1(C)CC2(CC(C)(C)N1)OC1(CCCCCCCCCCC1)N(CC1CO1)C2=O. The highest BCUT2D eigenvalue weighted by Crippen LogP contribution is 2.51. The molecule has 1 atom stereocenters. The molecule has 172 valence electrons. The van der Waals surface area contributed by atoms with Crippen LogP contribution in [0.1, 0.15) is 111 Å². The van der Waals surface area contributed by atoms with Crippen LogP contribution in [0.25, 0.3) is 0 Å². The van der Waals surface area contributed by atoms with Crippen molar-refractivity contribution >= 4 is 5.91 Å². The molecule has 1 unspecified atom stereocenters. The van der Waals surface area contributed by atoms with Crippen LogP contribution in [0.4, 0.5) is 0 Å². The van der Waals surface area contributed by atoms with Crippen molar-refractivity contribution in [3.8, 4) is 0 Å². The Morgan fingerprint density at radius 2 is 1.33 bits per heavy atom. The number of rotatable bonds is 2. The fourth-order valence-corrected chi connectivity index (χ4v) is 6.77. The monoisotopic (exact) mass is 420 g/mol. The first-order chi connectivity index (χ1) is 14.2. The number of amides is 1. The smallest absolute Gasteiger partial charge is 0.257 e. The van der Waals surface area contributed by atoms with Crippen molar-refractivity contribution in [2.45, 2.75) is 140 Å². The van der Waals surface area contributed by atoms with Crippen molar-refractivity contribution in [2.75, 3.05) is 13.2 Å². The highest BCUT2D eigenvalue weighted by Gasteiger charge is 2.64. The van der Waals surface area contributed by atoms with E-state index in [4.69, 9.17) is 9.47 Å². The molecule has 0 aromatic carbocycles. The molecule has 1 amide bonds. The van der Waals surface area contributed by atoms with Gasteiger partial charge in [-0.2, -0.15) is 0 Å². The first-order valence-corrected chi connectivity index (χ1v) is 12.6. The highest BCUT2D eigenvalue weighted by atomic mass is 16.6. The molecular weight excluding hydrogens is 376 g/mol. The van der Waals surface area contributed by atoms with Crippen LogP contribution >= 0.6 is 0 Å². The molecule has 0 radical (unpaired) electrons. The zero-order chi connectivity index (χ0) is 21.5. The third kappa shape index (κ3) is 4.88. The second-order valence-electron chi connectivity index (χ2n) is 11.8. The van der Waals surface area contributed by atoms with Crippen molar-refractivity contribution in [1.29, 1.82) is 0 Å². The second kappa shape index (κ2) is 8.37. The molecule has 3 aliphatic heterocycles. The minimum atomic E-state index is -0.704. The summed E-state index contributed by atoms with van der Waals surface area (Å²) in [4.78, 5) is 16.2. The van der Waals surface area contributed by atoms with Gasteiger partial charge >= 0.3 is 0 Å². The molecule has 0 aromatic rings. The number of hydrogen-bond acceptors (Lipinski definition) is 4. The van der Waals surface area contributed by atoms with Gasteiger partial charge in [-0.15, -0.1) is 0 Å². The first-order valence-electron chi connectivity index (χ1n) is 12.6. The fraction of sp³-hybridized carbons (Fsp3) is 0.960. The predicted molar refractivity (Wildman–Crippen MR) is 119 cm³/mol. The third-order valence-electron chi connectivity index (χ3n) is 7.57. The maximum atomic E-state index is 14.1. The van der Waals surface area contributed by atoms with Gasteiger partial charge in [0.05, 0.1) is 19.3 Å². The molecule has 30 heavy (non-hydrogen) atoms. The third-order valence-corrected chi connectivity index (χ3v) is 7.57. The maximum Gasteiger partial charge on any atom is 0.257 e. The number of ether oxygens (including phenoxy) is 2. The number of nitrogens with one attached hydrogen (secondary N) is 1. The normalized spacial score (nSPS) is 33.3. The van der Waals surface area contributed by atoms with Crippen LogP contribution in [-0.2, 0) is 14.3 Å². The Morgan fingerprint density at radius 1 is 0.867 bits per heavy atom. The van der Waals surface area contributed by atoms with E-state index in [0.29, 0.717) is 6.54 Å². The molecule has 1 saturated carbocycles. The van der Waals surface area contributed by atoms with E-state index in [0.717, 1.165) is 45.1 Å². The van der Waals surface area contributed by atoms with Crippen LogP contribution in [0.2, 0.25) is 0 Å². The summed E-state index contributed by atoms with van der Waals surface area (Å²) < 4.78 is 12.7. The van der Waals surface area contributed by atoms with E-state index in [9.17, 15) is 4.79 Å². The molecule has 1 N–H and O–H groups in total. The molecule has 2 spiro atoms. The van der Waals surface area contributed by atoms with E-state index in [1.807, 2.05) is 0 Å². The van der Waals surface area contributed by atoms with Crippen LogP contribution in [0.15, 0.2) is 0 Å². The summed E-state index contributed by atoms with van der Waals surface area (Å²) in [6.07, 6.45) is 15.1. The summed E-state index contributed by atoms with van der Waals surface area (Å²) in [5.41, 5.74) is -1.40. The number of epoxide rings is 1. The zero-order valence-electron chi connectivity index (χ0n) is 19.9. The van der Waals surface area contributed by atoms with Crippen LogP contribution in [0, 0.1) is 0 Å². The van der Waals surface area contributed by atoms with Gasteiger partial charge in [0.1, 0.15) is 5.72 Å². The summed E-state index contributed by atoms with van der Waals surface area (Å²) >= 11 is 0. The zero-order valence-corrected chi connectivity index (χ0v) is 19.9. The Kier molecular flexibility index (Phi) is 6.29. The number of piperidine rings is 1. The predicted octanol–water partition coefficient (Wildman–Crippen LogP) is 4.92. The van der Waals surface area contributed by atoms with Gasteiger partial charge in [-0.3, -0.25) is 4.79 Å². The lowest BCUT2D eigenvalue weighted by Gasteiger charge is -2.50. The van der Waals surface area contributed by atoms with Crippen molar-refractivity contribution in [2.24, 2.45) is 0 Å². The van der Waals surface area contributed by atoms with Crippen LogP contribution in [0.5, 0.6) is 0 Å². The molecule has 4 aliphatic rings. The molecular formula is C25H44N2O3. The Hall–Kier alpha value is -0.650. The largest absolute Gasteiger partial charge is 0.371 e. The van der Waals surface area contributed by atoms with E-state index in [1.54, 1.807) is 0 Å². The average molecular weight is 421 g/mol. The molecule has 5 heteroatoms. The van der Waals surface area contributed by atoms with E-state index in [-0.39, 0.29) is 23.1 Å². The molecule has 0 aromatic heterocycles. The quantitative estimate of drug-likeness (QED) is 0.644. The topological polar surface area (TPSA) is 54.1 Å². The van der Waals surface area contributed by atoms with Crippen LogP contribution in [-0.4, -0.2) is 52.5 Å². The van der Waals surface area contributed by atoms with Crippen molar-refractivity contribution in [3.63, 3.8) is 0 Å². The maximum absolute atomic E-state index is 14.1. The Labute approximate surface area is 183 Å². The van der Waals surface area contributed by atoms with E-state index < -0.39 is 11.3 Å². The van der Waals surface area contributed by atoms with Gasteiger partial charge < -0.3 is 19.7 Å². The molecule has 0 bridgehead atoms. The first kappa shape index (κ1) is 22.5. The summed E-state index contributed by atoms with van der Waals surface area (Å²) in [5.74, 6) is 0.229. The van der Waals surface area contributed by atoms with Crippen molar-refractivity contribution < 1.29 is 14.3 Å². The minimum Gasteiger partial charge on any atom is -0.371 e. The van der Waals surface area contributed by atoms with Gasteiger partial charge in [0.2, 0.25) is 0 Å². The van der Waals surface area contributed by atoms with Gasteiger partial charge in [-0.25, -0.2) is 0 Å². The van der Waals surface area contributed by atoms with Gasteiger partial charge in [0.25, 0.3) is 5.91 Å². The summed E-state index contributed by atoms with van der Waals surface area (Å²) in [5, 5.41) is 3.74. The molecule has 3 heterocycles. The molecule has 4 fully saturated rings. The van der Waals surface area contributed by atoms with Crippen molar-refractivity contribution in [1.82, 2.24) is 10.2 Å². The molecule has 3 saturated heterocycles. The molecule has 5 nitrogen and oxygen atoms in total. The Bertz CT molecular complexity index is 598. The Morgan fingerprint density at radius 3 is 1.80 bits per heavy atom. The van der Waals surface area contributed by atoms with E-state index >= 15 is 0 Å². The van der Waals surface area contributed by atoms with Crippen molar-refractivity contribution in [3.05, 3.63) is 0 Å². The van der Waals surface area contributed by atoms with E-state index in [2.05, 4.69) is 37.9 Å². The average Bonchev–Trinajstić information content (AvgIpc) is 3.40. The van der Waals surface area contributed by atoms with Gasteiger partial charge in [0, 0.05) is 23.9 Å². The van der Waals surface area contributed by atoms with Gasteiger partial charge in [-0.1, -0.05) is 44.9 Å². The second-order valence-corrected chi connectivity index (χ2v) is 11.8. The van der Waals surface area contributed by atoms with Gasteiger partial charge in [0.15, 0.2) is 5.60 Å². The standard InChI is InChI=1S/C25H44N2O3/c1-22(2)18-24(19-23(3,4)26-22)21(28)27(16-20-17-29-20)25(30-24)14-12-10-8-6-5-7-9-11-13-15-25/h20,26H,5-19H2,1-4H3. The minimum absolute atomic E-state index is 0.129. The molecule has 1 aliphatic carbocycles. The molecule has 4 rings (SSSR count). The lowest BCUT2D eigenvalue weighted by molar-refractivity contribution is -0.177. The highest BCUT2D eigenvalue weighted by molar-refractivity contribution is 5.88. The lowest BCUT2D eigenvalue weighted by atomic mass is 9.72. The number of carbonyl (C=O) groups is 1. The summed E-state index contributed by atoms with van der Waals surface area (Å²) in [6.45, 7) is 10.3. The lowest BCUT2D eigenvalue weighted by Crippen LogP contribution is -2.65. The van der Waals surface area contributed by atoms with Crippen LogP contribution < -0.4 is 5.32 Å². The van der Waals surface area contributed by atoms with E-state index in [1.165, 1.54) is 44.9 Å². The summed E-state index contributed by atoms with van der Waals surface area (Å²) in [7, 11) is 0. The number of hydrogen-bond donors (Lipinski definition) is 1. The number of carbonyl (C=O) groups excluding carboxylic acids is 1. The fourth-order valence-electron chi connectivity index (χ4n) is 6.77. The van der Waals surface area contributed by atoms with Crippen LogP contribution in [0.3, 0.4) is 0 Å². The van der Waals surface area contributed by atoms with Gasteiger partial charge in [-0.05, 0) is 53.4 Å². The number of nitrogens with zero attached hydrogens (tertiary/aromatic N) is 1.